The summed E-state index contributed by atoms with van der Waals surface area (Å²) >= 11 is 0. The third-order valence-electron chi connectivity index (χ3n) is 12.2. The van der Waals surface area contributed by atoms with E-state index in [-0.39, 0.29) is 36.2 Å². The summed E-state index contributed by atoms with van der Waals surface area (Å²) in [4.78, 5) is 60.7. The number of anilines is 4. The Balaban J connectivity index is 1.16. The Bertz CT molecular complexity index is 2420. The SMILES string of the molecule is CCOc1cccc(C2C3=CCC4C(=O)N(c5ccc(Nc6ccccc6)cc5)C(=O)C4C3CC3C(=O)N(Nc4ccc(C)cc4)C(=O)C32c2ccccc2)c1O. The number of carbonyl (C=O) groups is 4. The molecule has 0 bridgehead atoms. The number of hydrazine groups is 1. The molecule has 0 aromatic heterocycles. The monoisotopic (exact) mass is 758 g/mol. The van der Waals surface area contributed by atoms with Crippen molar-refractivity contribution in [3.63, 3.8) is 0 Å². The van der Waals surface area contributed by atoms with E-state index >= 15 is 4.79 Å². The molecule has 10 heteroatoms. The van der Waals surface area contributed by atoms with Crippen LogP contribution in [0.15, 0.2) is 139 Å². The summed E-state index contributed by atoms with van der Waals surface area (Å²) in [5.41, 5.74) is 7.16. The number of amides is 4. The largest absolute Gasteiger partial charge is 0.504 e. The lowest BCUT2D eigenvalue weighted by Crippen LogP contribution is -2.53. The number of allylic oxidation sites excluding steroid dienone is 2. The van der Waals surface area contributed by atoms with Crippen LogP contribution in [0.25, 0.3) is 0 Å². The molecular weight excluding hydrogens is 717 g/mol. The molecule has 5 aromatic rings. The Morgan fingerprint density at radius 2 is 1.40 bits per heavy atom. The maximum atomic E-state index is 15.4. The summed E-state index contributed by atoms with van der Waals surface area (Å²) in [6, 6.07) is 38.8. The topological polar surface area (TPSA) is 128 Å². The molecule has 2 heterocycles. The van der Waals surface area contributed by atoms with Crippen LogP contribution in [0.1, 0.15) is 42.4 Å². The number of fused-ring (bicyclic) bond motifs is 4. The van der Waals surface area contributed by atoms with Crippen LogP contribution in [0.3, 0.4) is 0 Å². The number of nitrogens with one attached hydrogen (secondary N) is 2. The van der Waals surface area contributed by atoms with Gasteiger partial charge in [-0.25, -0.2) is 0 Å². The number of benzene rings is 5. The van der Waals surface area contributed by atoms with Gasteiger partial charge in [-0.2, -0.15) is 5.01 Å². The lowest BCUT2D eigenvalue weighted by molar-refractivity contribution is -0.138. The van der Waals surface area contributed by atoms with Gasteiger partial charge in [0.2, 0.25) is 11.8 Å². The van der Waals surface area contributed by atoms with Gasteiger partial charge in [0.25, 0.3) is 11.8 Å². The number of phenols is 1. The van der Waals surface area contributed by atoms with E-state index in [1.165, 1.54) is 4.90 Å². The highest BCUT2D eigenvalue weighted by Gasteiger charge is 2.70. The average Bonchev–Trinajstić information content (AvgIpc) is 3.61. The number of phenolic OH excluding ortho intramolecular Hbond substituents is 1. The maximum absolute atomic E-state index is 15.4. The minimum atomic E-state index is -1.51. The number of hydrogen-bond donors (Lipinski definition) is 3. The lowest BCUT2D eigenvalue weighted by Gasteiger charge is -2.50. The molecule has 3 fully saturated rings. The van der Waals surface area contributed by atoms with E-state index in [9.17, 15) is 19.5 Å². The number of ether oxygens (including phenoxy) is 1. The number of aromatic hydroxyl groups is 1. The third kappa shape index (κ3) is 5.69. The molecule has 2 aliphatic carbocycles. The van der Waals surface area contributed by atoms with Gasteiger partial charge in [-0.15, -0.1) is 0 Å². The van der Waals surface area contributed by atoms with Crippen LogP contribution in [0.5, 0.6) is 11.5 Å². The number of rotatable bonds is 9. The van der Waals surface area contributed by atoms with Crippen molar-refractivity contribution >= 4 is 46.4 Å². The van der Waals surface area contributed by atoms with Gasteiger partial charge in [0.05, 0.1) is 41.2 Å². The molecule has 6 unspecified atom stereocenters. The van der Waals surface area contributed by atoms with Crippen molar-refractivity contribution in [2.24, 2.45) is 23.7 Å². The molecule has 4 aliphatic rings. The van der Waals surface area contributed by atoms with Gasteiger partial charge < -0.3 is 15.2 Å². The molecule has 5 aromatic carbocycles. The summed E-state index contributed by atoms with van der Waals surface area (Å²) in [5, 5.41) is 16.5. The molecule has 6 atom stereocenters. The van der Waals surface area contributed by atoms with Gasteiger partial charge >= 0.3 is 0 Å². The molecule has 10 nitrogen and oxygen atoms in total. The van der Waals surface area contributed by atoms with Crippen molar-refractivity contribution in [1.82, 2.24) is 5.01 Å². The first-order valence-corrected chi connectivity index (χ1v) is 19.4. The van der Waals surface area contributed by atoms with Crippen LogP contribution in [0.2, 0.25) is 0 Å². The second-order valence-electron chi connectivity index (χ2n) is 15.3. The quantitative estimate of drug-likeness (QED) is 0.102. The number of nitrogens with zero attached hydrogens (tertiary/aromatic N) is 2. The fourth-order valence-electron chi connectivity index (χ4n) is 9.77. The van der Waals surface area contributed by atoms with Gasteiger partial charge in [-0.3, -0.25) is 29.5 Å². The van der Waals surface area contributed by atoms with Gasteiger partial charge in [-0.05, 0) is 92.8 Å². The highest BCUT2D eigenvalue weighted by atomic mass is 16.5. The van der Waals surface area contributed by atoms with Crippen molar-refractivity contribution in [3.05, 3.63) is 156 Å². The molecule has 9 rings (SSSR count). The van der Waals surface area contributed by atoms with Crippen molar-refractivity contribution in [2.45, 2.75) is 38.0 Å². The smallest absolute Gasteiger partial charge is 0.260 e. The van der Waals surface area contributed by atoms with E-state index in [1.54, 1.807) is 30.3 Å². The number of imide groups is 2. The third-order valence-corrected chi connectivity index (χ3v) is 12.2. The van der Waals surface area contributed by atoms with Crippen molar-refractivity contribution in [2.75, 3.05) is 22.2 Å². The molecule has 57 heavy (non-hydrogen) atoms. The van der Waals surface area contributed by atoms with E-state index in [0.717, 1.165) is 27.5 Å². The zero-order chi connectivity index (χ0) is 39.4. The second kappa shape index (κ2) is 14.1. The van der Waals surface area contributed by atoms with E-state index in [1.807, 2.05) is 117 Å². The van der Waals surface area contributed by atoms with Crippen LogP contribution < -0.4 is 20.4 Å². The second-order valence-corrected chi connectivity index (χ2v) is 15.3. The van der Waals surface area contributed by atoms with Crippen molar-refractivity contribution in [1.29, 1.82) is 0 Å². The first-order chi connectivity index (χ1) is 27.7. The van der Waals surface area contributed by atoms with Crippen LogP contribution in [0, 0.1) is 30.6 Å². The summed E-state index contributed by atoms with van der Waals surface area (Å²) in [6.07, 6.45) is 2.39. The normalized spacial score (nSPS) is 25.1. The minimum Gasteiger partial charge on any atom is -0.504 e. The molecule has 2 aliphatic heterocycles. The highest BCUT2D eigenvalue weighted by molar-refractivity contribution is 6.22. The molecular formula is C47H42N4O6. The zero-order valence-corrected chi connectivity index (χ0v) is 31.6. The van der Waals surface area contributed by atoms with Crippen LogP contribution in [-0.2, 0) is 24.6 Å². The summed E-state index contributed by atoms with van der Waals surface area (Å²) in [6.45, 7) is 4.08. The predicted octanol–water partition coefficient (Wildman–Crippen LogP) is 8.03. The zero-order valence-electron chi connectivity index (χ0n) is 31.6. The van der Waals surface area contributed by atoms with Gasteiger partial charge in [-0.1, -0.05) is 90.0 Å². The molecule has 4 amide bonds. The fourth-order valence-corrected chi connectivity index (χ4v) is 9.77. The Morgan fingerprint density at radius 1 is 0.737 bits per heavy atom. The Kier molecular flexibility index (Phi) is 8.91. The predicted molar refractivity (Wildman–Crippen MR) is 217 cm³/mol. The van der Waals surface area contributed by atoms with Crippen LogP contribution >= 0.6 is 0 Å². The Labute approximate surface area is 330 Å². The molecule has 3 N–H and O–H groups in total. The highest BCUT2D eigenvalue weighted by Crippen LogP contribution is 2.65. The molecule has 1 saturated carbocycles. The molecule has 286 valence electrons. The lowest BCUT2D eigenvalue weighted by atomic mass is 9.49. The number of carbonyl (C=O) groups excluding carboxylic acids is 4. The average molecular weight is 759 g/mol. The van der Waals surface area contributed by atoms with Crippen molar-refractivity contribution < 1.29 is 29.0 Å². The van der Waals surface area contributed by atoms with Gasteiger partial charge in [0.1, 0.15) is 0 Å². The van der Waals surface area contributed by atoms with E-state index in [4.69, 9.17) is 4.74 Å². The molecule has 2 saturated heterocycles. The molecule has 0 radical (unpaired) electrons. The summed E-state index contributed by atoms with van der Waals surface area (Å²) < 4.78 is 5.86. The van der Waals surface area contributed by atoms with Gasteiger partial charge in [0.15, 0.2) is 11.5 Å². The first-order valence-electron chi connectivity index (χ1n) is 19.4. The molecule has 0 spiro atoms. The van der Waals surface area contributed by atoms with E-state index in [0.29, 0.717) is 29.1 Å². The number of para-hydroxylation sites is 2. The minimum absolute atomic E-state index is 0.132. The van der Waals surface area contributed by atoms with Gasteiger partial charge in [0, 0.05) is 22.9 Å². The van der Waals surface area contributed by atoms with Crippen LogP contribution in [-0.4, -0.2) is 40.4 Å². The standard InChI is InChI=1S/C47H42N4O6/c1-3-57-39-16-10-15-36(42(39)52)41-34-25-26-35-40(45(55)50(43(35)53)33-23-21-31(22-24-33)48-30-13-8-5-9-14-30)37(34)27-38-44(54)51(49-32-19-17-28(2)18-20-32)46(56)47(38,41)29-11-6-4-7-12-29/h4-25,35,37-38,40-41,48-49,52H,3,26-27H2,1-2H3. The number of aryl methyl sites for hydroxylation is 1. The number of hydrogen-bond acceptors (Lipinski definition) is 8. The van der Waals surface area contributed by atoms with E-state index < -0.39 is 46.8 Å². The van der Waals surface area contributed by atoms with E-state index in [2.05, 4.69) is 10.7 Å². The fraction of sp³-hybridized carbons (Fsp3) is 0.234. The summed E-state index contributed by atoms with van der Waals surface area (Å²) in [5.74, 6) is -5.27. The van der Waals surface area contributed by atoms with Crippen LogP contribution in [0.4, 0.5) is 22.7 Å². The first kappa shape index (κ1) is 36.0. The Morgan fingerprint density at radius 3 is 2.11 bits per heavy atom. The maximum Gasteiger partial charge on any atom is 0.260 e. The van der Waals surface area contributed by atoms with Crippen molar-refractivity contribution in [3.8, 4) is 11.5 Å². The summed E-state index contributed by atoms with van der Waals surface area (Å²) in [7, 11) is 0. The Hall–Kier alpha value is -6.68.